The van der Waals surface area contributed by atoms with Gasteiger partial charge in [-0.25, -0.2) is 8.78 Å². The van der Waals surface area contributed by atoms with Crippen LogP contribution in [0.2, 0.25) is 0 Å². The average molecular weight is 304 g/mol. The van der Waals surface area contributed by atoms with Gasteiger partial charge in [0.25, 0.3) is 0 Å². The van der Waals surface area contributed by atoms with Crippen molar-refractivity contribution >= 4 is 23.5 Å². The Balaban J connectivity index is 2.09. The summed E-state index contributed by atoms with van der Waals surface area (Å²) in [5.74, 6) is 6.79. The molecule has 1 fully saturated rings. The predicted molar refractivity (Wildman–Crippen MR) is 79.3 cm³/mol. The van der Waals surface area contributed by atoms with Crippen molar-refractivity contribution in [2.24, 2.45) is 5.84 Å². The lowest BCUT2D eigenvalue weighted by Crippen LogP contribution is -2.48. The van der Waals surface area contributed by atoms with Gasteiger partial charge in [-0.15, -0.1) is 0 Å². The Morgan fingerprint density at radius 2 is 1.89 bits per heavy atom. The second-order valence-electron chi connectivity index (χ2n) is 4.67. The highest BCUT2D eigenvalue weighted by Gasteiger charge is 2.29. The van der Waals surface area contributed by atoms with Crippen LogP contribution in [0, 0.1) is 11.6 Å². The van der Waals surface area contributed by atoms with Crippen LogP contribution >= 0.6 is 23.5 Å². The van der Waals surface area contributed by atoms with Crippen LogP contribution in [0.1, 0.15) is 12.5 Å². The van der Waals surface area contributed by atoms with Crippen molar-refractivity contribution in [1.29, 1.82) is 0 Å². The fraction of sp³-hybridized carbons (Fsp3) is 0.538. The quantitative estimate of drug-likeness (QED) is 0.662. The molecule has 1 heterocycles. The standard InChI is InChI=1S/C13H18F2N2S2/c1-8-13(19-3-2-18-8)12(17-16)6-9-4-10(14)7-11(15)5-9/h4-5,7-8,12-13,17H,2-3,6,16H2,1H3. The zero-order chi connectivity index (χ0) is 13.8. The van der Waals surface area contributed by atoms with Gasteiger partial charge in [0.15, 0.2) is 0 Å². The molecule has 0 amide bonds. The van der Waals surface area contributed by atoms with Crippen LogP contribution in [0.4, 0.5) is 8.78 Å². The van der Waals surface area contributed by atoms with E-state index in [-0.39, 0.29) is 6.04 Å². The fourth-order valence-electron chi connectivity index (χ4n) is 2.34. The SMILES string of the molecule is CC1SCCSC1C(Cc1cc(F)cc(F)c1)NN. The normalized spacial score (nSPS) is 25.3. The second-order valence-corrected chi connectivity index (χ2v) is 7.44. The number of nitrogens with two attached hydrogens (primary N) is 1. The lowest BCUT2D eigenvalue weighted by atomic mass is 10.0. The van der Waals surface area contributed by atoms with Crippen molar-refractivity contribution in [2.75, 3.05) is 11.5 Å². The summed E-state index contributed by atoms with van der Waals surface area (Å²) in [6, 6.07) is 3.66. The minimum Gasteiger partial charge on any atom is -0.271 e. The van der Waals surface area contributed by atoms with Gasteiger partial charge in [-0.2, -0.15) is 23.5 Å². The summed E-state index contributed by atoms with van der Waals surface area (Å²) >= 11 is 3.80. The van der Waals surface area contributed by atoms with E-state index in [1.807, 2.05) is 23.5 Å². The monoisotopic (exact) mass is 304 g/mol. The molecule has 0 spiro atoms. The van der Waals surface area contributed by atoms with Crippen molar-refractivity contribution in [3.63, 3.8) is 0 Å². The highest BCUT2D eigenvalue weighted by Crippen LogP contribution is 2.33. The summed E-state index contributed by atoms with van der Waals surface area (Å²) in [6.07, 6.45) is 0.535. The van der Waals surface area contributed by atoms with E-state index in [9.17, 15) is 8.78 Å². The van der Waals surface area contributed by atoms with Gasteiger partial charge in [-0.05, 0) is 24.1 Å². The van der Waals surface area contributed by atoms with Crippen LogP contribution in [0.3, 0.4) is 0 Å². The molecular formula is C13H18F2N2S2. The fourth-order valence-corrected chi connectivity index (χ4v) is 5.29. The van der Waals surface area contributed by atoms with Crippen molar-refractivity contribution in [1.82, 2.24) is 5.43 Å². The number of benzene rings is 1. The molecule has 106 valence electrons. The van der Waals surface area contributed by atoms with E-state index < -0.39 is 11.6 Å². The first kappa shape index (κ1) is 15.1. The van der Waals surface area contributed by atoms with Gasteiger partial charge < -0.3 is 0 Å². The van der Waals surface area contributed by atoms with Crippen LogP contribution in [0.25, 0.3) is 0 Å². The van der Waals surface area contributed by atoms with Crippen LogP contribution in [-0.4, -0.2) is 28.0 Å². The Kier molecular flexibility index (Phi) is 5.50. The molecule has 2 nitrogen and oxygen atoms in total. The summed E-state index contributed by atoms with van der Waals surface area (Å²) in [6.45, 7) is 2.18. The molecule has 1 aromatic rings. The molecule has 3 unspecified atom stereocenters. The van der Waals surface area contributed by atoms with E-state index in [0.29, 0.717) is 22.5 Å². The molecule has 1 saturated heterocycles. The van der Waals surface area contributed by atoms with E-state index in [4.69, 9.17) is 5.84 Å². The maximum Gasteiger partial charge on any atom is 0.126 e. The zero-order valence-corrected chi connectivity index (χ0v) is 12.4. The van der Waals surface area contributed by atoms with Gasteiger partial charge in [0.05, 0.1) is 0 Å². The van der Waals surface area contributed by atoms with E-state index in [1.54, 1.807) is 0 Å². The Morgan fingerprint density at radius 1 is 1.26 bits per heavy atom. The third-order valence-corrected chi connectivity index (χ3v) is 6.48. The van der Waals surface area contributed by atoms with Crippen LogP contribution in [0.15, 0.2) is 18.2 Å². The molecule has 6 heteroatoms. The topological polar surface area (TPSA) is 38.0 Å². The minimum atomic E-state index is -0.538. The number of nitrogens with one attached hydrogen (secondary N) is 1. The van der Waals surface area contributed by atoms with Crippen molar-refractivity contribution in [3.8, 4) is 0 Å². The Labute approximate surface area is 120 Å². The smallest absolute Gasteiger partial charge is 0.126 e. The summed E-state index contributed by atoms with van der Waals surface area (Å²) in [5, 5.41) is 0.841. The third-order valence-electron chi connectivity index (χ3n) is 3.23. The summed E-state index contributed by atoms with van der Waals surface area (Å²) in [7, 11) is 0. The van der Waals surface area contributed by atoms with Gasteiger partial charge in [-0.3, -0.25) is 11.3 Å². The summed E-state index contributed by atoms with van der Waals surface area (Å²) in [5.41, 5.74) is 3.45. The maximum absolute atomic E-state index is 13.2. The van der Waals surface area contributed by atoms with Gasteiger partial charge in [0.2, 0.25) is 0 Å². The molecule has 0 aliphatic carbocycles. The van der Waals surface area contributed by atoms with Gasteiger partial charge in [-0.1, -0.05) is 6.92 Å². The lowest BCUT2D eigenvalue weighted by molar-refractivity contribution is 0.497. The second kappa shape index (κ2) is 6.92. The van der Waals surface area contributed by atoms with Crippen molar-refractivity contribution in [2.45, 2.75) is 29.9 Å². The molecule has 1 aliphatic heterocycles. The van der Waals surface area contributed by atoms with E-state index in [2.05, 4.69) is 12.3 Å². The van der Waals surface area contributed by atoms with E-state index in [1.165, 1.54) is 12.1 Å². The summed E-state index contributed by atoms with van der Waals surface area (Å²) in [4.78, 5) is 0. The maximum atomic E-state index is 13.2. The van der Waals surface area contributed by atoms with Crippen molar-refractivity contribution < 1.29 is 8.78 Å². The number of thioether (sulfide) groups is 2. The molecule has 0 bridgehead atoms. The van der Waals surface area contributed by atoms with Gasteiger partial charge >= 0.3 is 0 Å². The molecule has 2 rings (SSSR count). The van der Waals surface area contributed by atoms with E-state index in [0.717, 1.165) is 17.6 Å². The van der Waals surface area contributed by atoms with Crippen LogP contribution in [-0.2, 0) is 6.42 Å². The predicted octanol–water partition coefficient (Wildman–Crippen LogP) is 2.58. The first-order chi connectivity index (χ1) is 9.10. The molecule has 0 radical (unpaired) electrons. The number of hydrogen-bond acceptors (Lipinski definition) is 4. The number of hydrazine groups is 1. The lowest BCUT2D eigenvalue weighted by Gasteiger charge is -2.34. The first-order valence-electron chi connectivity index (χ1n) is 6.24. The van der Waals surface area contributed by atoms with Gasteiger partial charge in [0, 0.05) is 34.1 Å². The Hall–Kier alpha value is -0.300. The Morgan fingerprint density at radius 3 is 2.47 bits per heavy atom. The van der Waals surface area contributed by atoms with Crippen molar-refractivity contribution in [3.05, 3.63) is 35.4 Å². The largest absolute Gasteiger partial charge is 0.271 e. The first-order valence-corrected chi connectivity index (χ1v) is 8.34. The van der Waals surface area contributed by atoms with Crippen LogP contribution in [0.5, 0.6) is 0 Å². The van der Waals surface area contributed by atoms with Gasteiger partial charge in [0.1, 0.15) is 11.6 Å². The molecular weight excluding hydrogens is 286 g/mol. The van der Waals surface area contributed by atoms with E-state index >= 15 is 0 Å². The minimum absolute atomic E-state index is 0.0222. The Bertz CT molecular complexity index is 411. The number of hydrogen-bond donors (Lipinski definition) is 2. The van der Waals surface area contributed by atoms with Crippen LogP contribution < -0.4 is 11.3 Å². The zero-order valence-electron chi connectivity index (χ0n) is 10.7. The molecule has 0 saturated carbocycles. The number of rotatable bonds is 4. The third kappa shape index (κ3) is 4.08. The average Bonchev–Trinajstić information content (AvgIpc) is 2.36. The number of halogens is 2. The molecule has 0 aromatic heterocycles. The molecule has 1 aromatic carbocycles. The highest BCUT2D eigenvalue weighted by atomic mass is 32.2. The molecule has 1 aliphatic rings. The highest BCUT2D eigenvalue weighted by molar-refractivity contribution is 8.07. The summed E-state index contributed by atoms with van der Waals surface area (Å²) < 4.78 is 26.4. The molecule has 3 atom stereocenters. The molecule has 3 N–H and O–H groups in total. The molecule has 19 heavy (non-hydrogen) atoms.